The van der Waals surface area contributed by atoms with Crippen molar-refractivity contribution in [1.82, 2.24) is 19.3 Å². The minimum Gasteiger partial charge on any atom is -0.453 e. The first kappa shape index (κ1) is 25.2. The number of fused-ring (bicyclic) bond motifs is 5. The molecule has 0 saturated carbocycles. The minimum absolute atomic E-state index is 0.539. The molecule has 0 amide bonds. The molecule has 0 atom stereocenters. The highest BCUT2D eigenvalue weighted by molar-refractivity contribution is 6.09. The smallest absolute Gasteiger partial charge is 0.219 e. The topological polar surface area (TPSA) is 57.3 Å². The molecule has 0 aliphatic carbocycles. The molecule has 1 aliphatic heterocycles. The zero-order chi connectivity index (χ0) is 29.7. The van der Waals surface area contributed by atoms with Crippen molar-refractivity contribution in [3.8, 4) is 34.5 Å². The Bertz CT molecular complexity index is 2310. The van der Waals surface area contributed by atoms with E-state index in [-0.39, 0.29) is 0 Å². The normalized spacial score (nSPS) is 12.1. The van der Waals surface area contributed by atoms with Crippen molar-refractivity contribution in [2.75, 3.05) is 4.90 Å². The van der Waals surface area contributed by atoms with Crippen LogP contribution in [-0.2, 0) is 0 Å². The van der Waals surface area contributed by atoms with E-state index in [1.807, 2.05) is 77.6 Å². The largest absolute Gasteiger partial charge is 0.453 e. The lowest BCUT2D eigenvalue weighted by Gasteiger charge is -2.33. The van der Waals surface area contributed by atoms with E-state index in [0.717, 1.165) is 51.0 Å². The van der Waals surface area contributed by atoms with E-state index in [2.05, 4.69) is 87.4 Å². The summed E-state index contributed by atoms with van der Waals surface area (Å²) in [5, 5.41) is 7.25. The van der Waals surface area contributed by atoms with Crippen LogP contribution >= 0.6 is 0 Å². The third-order valence-electron chi connectivity index (χ3n) is 8.12. The SMILES string of the molecule is c1ccc(Oc2cccc(N3c4ccccc4Oc4ccc(-n5cc(-n6c7ccccc7c7ccccc76)cn5)cc43)c2)nc1. The third-order valence-corrected chi connectivity index (χ3v) is 8.12. The molecular weight excluding hydrogens is 558 g/mol. The molecule has 7 heteroatoms. The predicted molar refractivity (Wildman–Crippen MR) is 177 cm³/mol. The zero-order valence-corrected chi connectivity index (χ0v) is 24.0. The van der Waals surface area contributed by atoms with Gasteiger partial charge >= 0.3 is 0 Å². The van der Waals surface area contributed by atoms with E-state index in [4.69, 9.17) is 14.6 Å². The Morgan fingerprint density at radius 2 is 1.33 bits per heavy atom. The molecule has 0 fully saturated rings. The Balaban J connectivity index is 1.14. The van der Waals surface area contributed by atoms with Crippen LogP contribution in [0.3, 0.4) is 0 Å². The molecule has 0 radical (unpaired) electrons. The molecule has 45 heavy (non-hydrogen) atoms. The van der Waals surface area contributed by atoms with Gasteiger partial charge in [-0.1, -0.05) is 60.7 Å². The van der Waals surface area contributed by atoms with Gasteiger partial charge in [0.25, 0.3) is 0 Å². The Labute approximate surface area is 258 Å². The number of nitrogens with zero attached hydrogens (tertiary/aromatic N) is 5. The van der Waals surface area contributed by atoms with Crippen molar-refractivity contribution >= 4 is 38.9 Å². The maximum Gasteiger partial charge on any atom is 0.219 e. The summed E-state index contributed by atoms with van der Waals surface area (Å²) < 4.78 is 16.7. The molecule has 0 unspecified atom stereocenters. The molecule has 0 spiro atoms. The van der Waals surface area contributed by atoms with Gasteiger partial charge in [0, 0.05) is 29.1 Å². The van der Waals surface area contributed by atoms with Gasteiger partial charge in [0.2, 0.25) is 5.88 Å². The number of rotatable bonds is 5. The van der Waals surface area contributed by atoms with E-state index in [1.165, 1.54) is 10.8 Å². The van der Waals surface area contributed by atoms with Crippen LogP contribution in [0.1, 0.15) is 0 Å². The molecule has 7 nitrogen and oxygen atoms in total. The first-order valence-electron chi connectivity index (χ1n) is 14.7. The van der Waals surface area contributed by atoms with Crippen LogP contribution in [0, 0.1) is 0 Å². The van der Waals surface area contributed by atoms with Crippen LogP contribution in [0.25, 0.3) is 33.2 Å². The summed E-state index contributed by atoms with van der Waals surface area (Å²) >= 11 is 0. The van der Waals surface area contributed by atoms with E-state index in [1.54, 1.807) is 6.20 Å². The van der Waals surface area contributed by atoms with Crippen molar-refractivity contribution < 1.29 is 9.47 Å². The van der Waals surface area contributed by atoms with E-state index in [0.29, 0.717) is 11.6 Å². The molecule has 0 N–H and O–H groups in total. The molecule has 5 aromatic carbocycles. The van der Waals surface area contributed by atoms with Gasteiger partial charge in [-0.05, 0) is 60.7 Å². The fourth-order valence-corrected chi connectivity index (χ4v) is 6.15. The number of hydrogen-bond acceptors (Lipinski definition) is 5. The average molecular weight is 584 g/mol. The van der Waals surface area contributed by atoms with Crippen LogP contribution < -0.4 is 14.4 Å². The summed E-state index contributed by atoms with van der Waals surface area (Å²) in [4.78, 5) is 6.51. The van der Waals surface area contributed by atoms with Crippen molar-refractivity contribution in [2.45, 2.75) is 0 Å². The maximum atomic E-state index is 6.39. The molecule has 214 valence electrons. The van der Waals surface area contributed by atoms with Gasteiger partial charge in [-0.15, -0.1) is 0 Å². The average Bonchev–Trinajstić information content (AvgIpc) is 3.71. The zero-order valence-electron chi connectivity index (χ0n) is 24.0. The van der Waals surface area contributed by atoms with Gasteiger partial charge < -0.3 is 18.9 Å². The molecule has 4 heterocycles. The molecular formula is C38H25N5O2. The monoisotopic (exact) mass is 583 g/mol. The number of pyridine rings is 1. The van der Waals surface area contributed by atoms with Crippen molar-refractivity contribution in [1.29, 1.82) is 0 Å². The first-order valence-corrected chi connectivity index (χ1v) is 14.7. The molecule has 0 saturated heterocycles. The lowest BCUT2D eigenvalue weighted by atomic mass is 10.1. The molecule has 1 aliphatic rings. The summed E-state index contributed by atoms with van der Waals surface area (Å²) in [5.74, 6) is 2.76. The fourth-order valence-electron chi connectivity index (χ4n) is 6.15. The van der Waals surface area contributed by atoms with E-state index < -0.39 is 0 Å². The van der Waals surface area contributed by atoms with Gasteiger partial charge in [-0.2, -0.15) is 5.10 Å². The number of ether oxygens (including phenoxy) is 2. The standard InChI is InChI=1S/C38H25N5O2/c1-3-14-32-30(12-1)31-13-2-4-15-33(31)43(32)28-24-40-41(25-28)26-19-20-37-35(23-26)42(34-16-5-6-17-36(34)45-37)27-10-9-11-29(22-27)44-38-18-7-8-21-39-38/h1-25H. The van der Waals surface area contributed by atoms with Gasteiger partial charge in [0.15, 0.2) is 11.5 Å². The Morgan fingerprint density at radius 3 is 2.16 bits per heavy atom. The summed E-state index contributed by atoms with van der Waals surface area (Å²) in [6, 6.07) is 44.8. The van der Waals surface area contributed by atoms with Gasteiger partial charge in [-0.25, -0.2) is 9.67 Å². The van der Waals surface area contributed by atoms with E-state index in [9.17, 15) is 0 Å². The molecule has 9 rings (SSSR count). The summed E-state index contributed by atoms with van der Waals surface area (Å²) in [5.41, 5.74) is 6.96. The Kier molecular flexibility index (Phi) is 5.67. The molecule has 0 bridgehead atoms. The van der Waals surface area contributed by atoms with Crippen LogP contribution in [-0.4, -0.2) is 19.3 Å². The minimum atomic E-state index is 0.539. The third kappa shape index (κ3) is 4.21. The fraction of sp³-hybridized carbons (Fsp3) is 0. The van der Waals surface area contributed by atoms with Crippen molar-refractivity contribution in [3.05, 3.63) is 152 Å². The summed E-state index contributed by atoms with van der Waals surface area (Å²) in [6.07, 6.45) is 5.71. The number of para-hydroxylation sites is 4. The van der Waals surface area contributed by atoms with Crippen molar-refractivity contribution in [3.63, 3.8) is 0 Å². The number of anilines is 3. The second-order valence-corrected chi connectivity index (χ2v) is 10.8. The Morgan fingerprint density at radius 1 is 0.578 bits per heavy atom. The van der Waals surface area contributed by atoms with Crippen LogP contribution in [0.15, 0.2) is 152 Å². The predicted octanol–water partition coefficient (Wildman–Crippen LogP) is 9.73. The lowest BCUT2D eigenvalue weighted by Crippen LogP contribution is -2.16. The molecule has 8 aromatic rings. The van der Waals surface area contributed by atoms with Crippen LogP contribution in [0.2, 0.25) is 0 Å². The number of aromatic nitrogens is 4. The van der Waals surface area contributed by atoms with Crippen LogP contribution in [0.4, 0.5) is 17.1 Å². The lowest BCUT2D eigenvalue weighted by molar-refractivity contribution is 0.462. The van der Waals surface area contributed by atoms with Crippen LogP contribution in [0.5, 0.6) is 23.1 Å². The van der Waals surface area contributed by atoms with Crippen molar-refractivity contribution in [2.24, 2.45) is 0 Å². The molecule has 3 aromatic heterocycles. The highest BCUT2D eigenvalue weighted by Crippen LogP contribution is 2.51. The summed E-state index contributed by atoms with van der Waals surface area (Å²) in [7, 11) is 0. The summed E-state index contributed by atoms with van der Waals surface area (Å²) in [6.45, 7) is 0. The maximum absolute atomic E-state index is 6.39. The second kappa shape index (κ2) is 10.1. The Hall–Kier alpha value is -6.34. The second-order valence-electron chi connectivity index (χ2n) is 10.8. The number of benzene rings is 5. The van der Waals surface area contributed by atoms with E-state index >= 15 is 0 Å². The highest BCUT2D eigenvalue weighted by Gasteiger charge is 2.27. The van der Waals surface area contributed by atoms with Gasteiger partial charge in [0.1, 0.15) is 5.75 Å². The quantitative estimate of drug-likeness (QED) is 0.202. The first-order chi connectivity index (χ1) is 22.3. The van der Waals surface area contributed by atoms with Gasteiger partial charge in [-0.3, -0.25) is 0 Å². The number of hydrogen-bond donors (Lipinski definition) is 0. The highest BCUT2D eigenvalue weighted by atomic mass is 16.5. The van der Waals surface area contributed by atoms with Gasteiger partial charge in [0.05, 0.1) is 51.9 Å².